The number of aliphatic carboxylic acids is 2. The van der Waals surface area contributed by atoms with E-state index in [0.29, 0.717) is 16.5 Å². The Kier molecular flexibility index (Phi) is 50.8. The van der Waals surface area contributed by atoms with Crippen LogP contribution < -0.4 is 124 Å². The lowest BCUT2D eigenvalue weighted by atomic mass is 9.97. The van der Waals surface area contributed by atoms with Crippen molar-refractivity contribution in [2.75, 3.05) is 37.7 Å². The molecule has 1 aromatic carbocycles. The van der Waals surface area contributed by atoms with Gasteiger partial charge in [-0.1, -0.05) is 87.8 Å². The first-order valence-electron chi connectivity index (χ1n) is 46.7. The van der Waals surface area contributed by atoms with E-state index in [1.54, 1.807) is 65.1 Å². The molecule has 790 valence electrons. The van der Waals surface area contributed by atoms with Crippen LogP contribution in [0.4, 0.5) is 0 Å². The molecule has 52 nitrogen and oxygen atoms in total. The van der Waals surface area contributed by atoms with Crippen molar-refractivity contribution in [2.45, 2.75) is 302 Å². The van der Waals surface area contributed by atoms with Gasteiger partial charge in [0.25, 0.3) is 0 Å². The van der Waals surface area contributed by atoms with Crippen molar-refractivity contribution in [3.63, 3.8) is 0 Å². The zero-order valence-electron chi connectivity index (χ0n) is 82.0. The second-order valence-corrected chi connectivity index (χ2v) is 38.4. The summed E-state index contributed by atoms with van der Waals surface area (Å²) >= 11 is 0. The molecule has 0 radical (unpaired) electrons. The molecule has 0 bridgehead atoms. The van der Waals surface area contributed by atoms with Crippen LogP contribution in [-0.2, 0) is 112 Å². The van der Waals surface area contributed by atoms with Gasteiger partial charge < -0.3 is 149 Å². The number of carbonyl (C=O) groups is 22. The minimum atomic E-state index is -1.87. The van der Waals surface area contributed by atoms with Gasteiger partial charge in [-0.05, 0) is 142 Å². The van der Waals surface area contributed by atoms with Crippen LogP contribution in [0.15, 0.2) is 30.5 Å². The highest BCUT2D eigenvalue weighted by Crippen LogP contribution is 2.26. The van der Waals surface area contributed by atoms with Crippen molar-refractivity contribution in [1.82, 2.24) is 116 Å². The lowest BCUT2D eigenvalue weighted by Crippen LogP contribution is -2.61. The normalized spacial score (nSPS) is 25.3. The summed E-state index contributed by atoms with van der Waals surface area (Å²) in [5.41, 5.74) is 17.8. The van der Waals surface area contributed by atoms with Gasteiger partial charge in [0.1, 0.15) is 109 Å². The lowest BCUT2D eigenvalue weighted by molar-refractivity contribution is -0.141. The third kappa shape index (κ3) is 41.6. The standard InChI is InChI=1S/C88H141N27O25S2/c1-15-42(6)67-84(137)107-56(27-29-66(120)121)74(127)97-37-65(119)115-32-20-25-63(115)83(136)114-68(49(13)116)85(138)110-59(34-41(4)5)79(132)105-55(24-19-31-95-88(92)93)76(129)106-57(26-28-64(89)118)77(130)109-60(35-51-36-96-53-22-17-16-21-52(51)53)80(133)108-58(33-40(2)3)78(131)101-44(8)69(122)99-45(9)71(124)104-54(23-18-30-94-87(90)91)75(128)100-46(10)72(125)112-62(82(135)103-48(12)86(139)140)39-142-141-38-61(81(134)102-47(11)73(126)113-67)111-70(123)43(7)98-50(14)117/h16-17,21-22,36,40-49,54-63,67-68,96,116H,15,18-20,23-35,37-39H2,1-14H3,(H2,89,118)(H,97,127)(H,98,117)(H,99,122)(H,100,128)(H,101,131)(H,102,134)(H,103,135)(H,104,124)(H,105,132)(H,106,129)(H,107,137)(H,108,133)(H,109,130)(H,110,138)(H,111,123)(H,112,125)(H,113,126)(H,114,136)(H,120,121)(H,139,140)(H4,90,91,94)(H4,92,93,95)/t42?,43-,44-,45?,46?,47-,48?,49+,54-,55-,56-,57-,58?,59-,60-,61?,62+,63-,67-,68?/m0/s1. The number of nitrogens with one attached hydrogen (secondary N) is 23. The summed E-state index contributed by atoms with van der Waals surface area (Å²) in [6.07, 6.45) is -3.47. The molecule has 32 N–H and O–H groups in total. The second kappa shape index (κ2) is 59.8. The molecule has 54 heteroatoms. The summed E-state index contributed by atoms with van der Waals surface area (Å²) in [5, 5.41) is 96.6. The number of aliphatic hydroxyl groups excluding tert-OH is 1. The number of carbonyl (C=O) groups excluding carboxylic acids is 20. The Balaban J connectivity index is 1.88. The summed E-state index contributed by atoms with van der Waals surface area (Å²) in [6, 6.07) is -21.7. The minimum Gasteiger partial charge on any atom is -0.481 e. The number of hydrogen-bond donors (Lipinski definition) is 29. The average Bonchev–Trinajstić information content (AvgIpc) is 1.67. The monoisotopic (exact) mass is 2040 g/mol. The van der Waals surface area contributed by atoms with Gasteiger partial charge in [0.05, 0.1) is 12.6 Å². The van der Waals surface area contributed by atoms with E-state index in [2.05, 4.69) is 111 Å². The Bertz CT molecular complexity index is 4830. The van der Waals surface area contributed by atoms with Crippen molar-refractivity contribution >= 4 is 174 Å². The van der Waals surface area contributed by atoms with Gasteiger partial charge in [-0.3, -0.25) is 116 Å². The fraction of sp³-hybridized carbons (Fsp3) is 0.636. The zero-order valence-corrected chi connectivity index (χ0v) is 83.7. The summed E-state index contributed by atoms with van der Waals surface area (Å²) in [4.78, 5) is 312. The number of carboxylic acid groups (broad SMARTS) is 2. The van der Waals surface area contributed by atoms with Crippen molar-refractivity contribution in [1.29, 1.82) is 10.8 Å². The Morgan fingerprint density at radius 1 is 0.500 bits per heavy atom. The maximum absolute atomic E-state index is 15.1. The number of aromatic amines is 1. The fourth-order valence-electron chi connectivity index (χ4n) is 14.6. The molecule has 0 spiro atoms. The smallest absolute Gasteiger partial charge is 0.325 e. The average molecular weight is 2040 g/mol. The van der Waals surface area contributed by atoms with Crippen molar-refractivity contribution < 1.29 is 121 Å². The second-order valence-electron chi connectivity index (χ2n) is 35.8. The van der Waals surface area contributed by atoms with Gasteiger partial charge in [0.2, 0.25) is 118 Å². The number of guanidine groups is 2. The molecule has 0 saturated carbocycles. The number of nitrogens with two attached hydrogens (primary N) is 3. The van der Waals surface area contributed by atoms with Crippen LogP contribution in [0.3, 0.4) is 0 Å². The van der Waals surface area contributed by atoms with E-state index >= 15 is 9.59 Å². The highest BCUT2D eigenvalue weighted by Gasteiger charge is 2.42. The van der Waals surface area contributed by atoms with Crippen molar-refractivity contribution in [3.05, 3.63) is 36.0 Å². The number of rotatable bonds is 29. The predicted octanol–water partition coefficient (Wildman–Crippen LogP) is -7.15. The molecule has 2 saturated heterocycles. The minimum absolute atomic E-state index is 0.0152. The maximum atomic E-state index is 15.1. The third-order valence-corrected chi connectivity index (χ3v) is 25.2. The number of carboxylic acids is 2. The molecule has 20 amide bonds. The highest BCUT2D eigenvalue weighted by molar-refractivity contribution is 8.76. The molecular weight excluding hydrogens is 1900 g/mol. The quantitative estimate of drug-likeness (QED) is 0.0156. The molecule has 20 atom stereocenters. The van der Waals surface area contributed by atoms with Crippen LogP contribution in [0, 0.1) is 28.6 Å². The molecule has 2 fully saturated rings. The first kappa shape index (κ1) is 121. The van der Waals surface area contributed by atoms with E-state index in [-0.39, 0.29) is 89.8 Å². The predicted molar refractivity (Wildman–Crippen MR) is 518 cm³/mol. The number of amides is 20. The molecule has 7 unspecified atom stereocenters. The van der Waals surface area contributed by atoms with Gasteiger partial charge in [-0.2, -0.15) is 0 Å². The van der Waals surface area contributed by atoms with E-state index in [1.807, 2.05) is 0 Å². The van der Waals surface area contributed by atoms with Crippen LogP contribution in [0.5, 0.6) is 0 Å². The first-order valence-corrected chi connectivity index (χ1v) is 49.2. The van der Waals surface area contributed by atoms with Gasteiger partial charge >= 0.3 is 11.9 Å². The molecule has 0 aliphatic carbocycles. The molecule has 4 rings (SSSR count). The third-order valence-electron chi connectivity index (χ3n) is 22.8. The number of primary amides is 1. The summed E-state index contributed by atoms with van der Waals surface area (Å²) in [6.45, 7) is 18.3. The summed E-state index contributed by atoms with van der Waals surface area (Å²) in [5.74, 6) is -26.5. The Morgan fingerprint density at radius 3 is 1.46 bits per heavy atom. The van der Waals surface area contributed by atoms with E-state index in [9.17, 15) is 111 Å². The molecule has 142 heavy (non-hydrogen) atoms. The lowest BCUT2D eigenvalue weighted by Gasteiger charge is -2.30. The Hall–Kier alpha value is -13.7. The van der Waals surface area contributed by atoms with Crippen LogP contribution in [0.25, 0.3) is 10.9 Å². The number of hydrogen-bond acceptors (Lipinski definition) is 27. The number of nitrogens with zero attached hydrogens (tertiary/aromatic N) is 1. The molecule has 2 aliphatic heterocycles. The van der Waals surface area contributed by atoms with E-state index in [0.717, 1.165) is 47.3 Å². The number of benzene rings is 1. The van der Waals surface area contributed by atoms with Crippen LogP contribution >= 0.6 is 21.6 Å². The van der Waals surface area contributed by atoms with Crippen LogP contribution in [0.2, 0.25) is 0 Å². The SMILES string of the molecule is CCC(C)[C@@H]1NC(=O)[C@H](C)NC(=O)C(NC(=O)[C@H](C)NC(C)=O)CSSC[C@H](C(=O)NC(C)C(=O)O)NC(=O)C(C)NC(=O)[C@H](CCCNC(=N)N)NC(=O)C(C)NC(=O)[C@H](C)NC(=O)C(CC(C)C)NC(=O)[C@H](Cc2c[nH]c3ccccc23)NC(=O)[C@H](CCC(N)=O)NC(=O)[C@H](CCCNC(=N)N)NC(=O)[C@H](CC(C)C)NC(=O)C([C@@H](C)O)NC(=O)[C@@H]2CCCN2C(=O)CNC(=O)[C@H](CCC(=O)O)NC1=O. The number of fused-ring (bicyclic) bond motifs is 2. The van der Waals surface area contributed by atoms with E-state index in [1.165, 1.54) is 41.5 Å². The largest absolute Gasteiger partial charge is 0.481 e. The van der Waals surface area contributed by atoms with Gasteiger partial charge in [0.15, 0.2) is 11.9 Å². The number of para-hydroxylation sites is 1. The summed E-state index contributed by atoms with van der Waals surface area (Å²) < 4.78 is 0. The number of H-pyrrole nitrogens is 1. The van der Waals surface area contributed by atoms with E-state index in [4.69, 9.17) is 28.0 Å². The highest BCUT2D eigenvalue weighted by atomic mass is 33.1. The van der Waals surface area contributed by atoms with Crippen LogP contribution in [-0.4, -0.2) is 320 Å². The molecule has 3 heterocycles. The van der Waals surface area contributed by atoms with E-state index < -0.39 is 312 Å². The maximum Gasteiger partial charge on any atom is 0.325 e. The molecule has 2 aliphatic rings. The molecule has 2 aromatic rings. The Labute approximate surface area is 828 Å². The van der Waals surface area contributed by atoms with Gasteiger partial charge in [0, 0.05) is 74.4 Å². The van der Waals surface area contributed by atoms with Crippen molar-refractivity contribution in [2.24, 2.45) is 35.0 Å². The first-order chi connectivity index (χ1) is 66.6. The fourth-order valence-corrected chi connectivity index (χ4v) is 16.9. The zero-order chi connectivity index (χ0) is 107. The summed E-state index contributed by atoms with van der Waals surface area (Å²) in [7, 11) is 1.58. The number of aliphatic hydroxyl groups is 1. The molecular formula is C88H141N27O25S2. The topological polar surface area (TPSA) is 822 Å². The van der Waals surface area contributed by atoms with Crippen molar-refractivity contribution in [3.8, 4) is 0 Å². The van der Waals surface area contributed by atoms with Gasteiger partial charge in [-0.25, -0.2) is 0 Å². The molecule has 1 aromatic heterocycles. The number of aromatic nitrogens is 1. The van der Waals surface area contributed by atoms with Gasteiger partial charge in [-0.15, -0.1) is 0 Å². The van der Waals surface area contributed by atoms with Crippen LogP contribution in [0.1, 0.15) is 186 Å². The Morgan fingerprint density at radius 2 is 0.937 bits per heavy atom.